The highest BCUT2D eigenvalue weighted by molar-refractivity contribution is 5.34. The highest BCUT2D eigenvalue weighted by Crippen LogP contribution is 2.43. The van der Waals surface area contributed by atoms with Gasteiger partial charge in [-0.1, -0.05) is 56.5 Å². The molecule has 2 N–H and O–H groups in total. The summed E-state index contributed by atoms with van der Waals surface area (Å²) < 4.78 is 0. The first kappa shape index (κ1) is 14.3. The molecular weight excluding hydrogens is 258 g/mol. The Morgan fingerprint density at radius 1 is 1.14 bits per heavy atom. The van der Waals surface area contributed by atoms with Gasteiger partial charge in [-0.3, -0.25) is 0 Å². The van der Waals surface area contributed by atoms with E-state index in [0.29, 0.717) is 0 Å². The number of rotatable bonds is 5. The first-order valence-electron chi connectivity index (χ1n) is 8.16. The molecule has 0 aliphatic heterocycles. The van der Waals surface area contributed by atoms with Crippen LogP contribution in [0.4, 0.5) is 0 Å². The molecule has 0 spiro atoms. The van der Waals surface area contributed by atoms with Crippen LogP contribution in [-0.4, -0.2) is 16.5 Å². The van der Waals surface area contributed by atoms with Gasteiger partial charge < -0.3 is 10.3 Å². The molecule has 2 aromatic rings. The molecule has 1 aliphatic rings. The zero-order chi connectivity index (χ0) is 14.5. The van der Waals surface area contributed by atoms with Gasteiger partial charge in [0, 0.05) is 18.4 Å². The summed E-state index contributed by atoms with van der Waals surface area (Å²) >= 11 is 0. The van der Waals surface area contributed by atoms with Crippen LogP contribution in [0.2, 0.25) is 0 Å². The van der Waals surface area contributed by atoms with Crippen LogP contribution in [0.1, 0.15) is 56.1 Å². The van der Waals surface area contributed by atoms with Crippen molar-refractivity contribution in [2.75, 3.05) is 6.54 Å². The molecular formula is C18H25N3. The summed E-state index contributed by atoms with van der Waals surface area (Å²) in [6.45, 7) is 3.98. The summed E-state index contributed by atoms with van der Waals surface area (Å²) in [5, 5.41) is 3.36. The summed E-state index contributed by atoms with van der Waals surface area (Å²) in [5.41, 5.74) is 2.69. The number of aromatic nitrogens is 2. The van der Waals surface area contributed by atoms with E-state index in [9.17, 15) is 0 Å². The zero-order valence-corrected chi connectivity index (χ0v) is 12.9. The number of nitrogens with one attached hydrogen (secondary N) is 2. The standard InChI is InChI=1S/C18H25N3/c1-2-19-13-16-14-20-17(21-16)18(11-7-4-8-12-18)15-9-5-3-6-10-15/h3,5-6,9-10,14,19H,2,4,7-8,11-13H2,1H3,(H,20,21). The Morgan fingerprint density at radius 3 is 2.62 bits per heavy atom. The summed E-state index contributed by atoms with van der Waals surface area (Å²) in [5.74, 6) is 1.15. The van der Waals surface area contributed by atoms with Crippen molar-refractivity contribution >= 4 is 0 Å². The quantitative estimate of drug-likeness (QED) is 0.877. The molecule has 0 atom stereocenters. The fourth-order valence-corrected chi connectivity index (χ4v) is 3.53. The van der Waals surface area contributed by atoms with Gasteiger partial charge in [0.2, 0.25) is 0 Å². The molecule has 3 nitrogen and oxygen atoms in total. The zero-order valence-electron chi connectivity index (χ0n) is 12.9. The molecule has 1 aromatic carbocycles. The first-order valence-corrected chi connectivity index (χ1v) is 8.16. The lowest BCUT2D eigenvalue weighted by Crippen LogP contribution is -2.31. The summed E-state index contributed by atoms with van der Waals surface area (Å²) in [7, 11) is 0. The summed E-state index contributed by atoms with van der Waals surface area (Å²) in [6.07, 6.45) is 8.32. The van der Waals surface area contributed by atoms with Gasteiger partial charge >= 0.3 is 0 Å². The lowest BCUT2D eigenvalue weighted by Gasteiger charge is -2.36. The van der Waals surface area contributed by atoms with Gasteiger partial charge in [0.1, 0.15) is 5.82 Å². The highest BCUT2D eigenvalue weighted by atomic mass is 15.0. The molecule has 1 heterocycles. The van der Waals surface area contributed by atoms with E-state index in [1.165, 1.54) is 43.4 Å². The van der Waals surface area contributed by atoms with E-state index >= 15 is 0 Å². The van der Waals surface area contributed by atoms with Gasteiger partial charge in [0.25, 0.3) is 0 Å². The molecule has 112 valence electrons. The third-order valence-electron chi connectivity index (χ3n) is 4.68. The predicted molar refractivity (Wildman–Crippen MR) is 86.3 cm³/mol. The second-order valence-electron chi connectivity index (χ2n) is 6.05. The smallest absolute Gasteiger partial charge is 0.116 e. The van der Waals surface area contributed by atoms with Crippen LogP contribution >= 0.6 is 0 Å². The van der Waals surface area contributed by atoms with Crippen LogP contribution in [0.3, 0.4) is 0 Å². The monoisotopic (exact) mass is 283 g/mol. The van der Waals surface area contributed by atoms with E-state index in [4.69, 9.17) is 4.98 Å². The van der Waals surface area contributed by atoms with Crippen molar-refractivity contribution < 1.29 is 0 Å². The molecule has 1 saturated carbocycles. The Kier molecular flexibility index (Phi) is 4.39. The lowest BCUT2D eigenvalue weighted by atomic mass is 9.69. The third-order valence-corrected chi connectivity index (χ3v) is 4.68. The maximum Gasteiger partial charge on any atom is 0.116 e. The average Bonchev–Trinajstić information content (AvgIpc) is 3.04. The second-order valence-corrected chi connectivity index (χ2v) is 6.05. The van der Waals surface area contributed by atoms with Gasteiger partial charge in [-0.2, -0.15) is 0 Å². The van der Waals surface area contributed by atoms with Crippen LogP contribution in [0.5, 0.6) is 0 Å². The number of aromatic amines is 1. The Hall–Kier alpha value is -1.61. The molecule has 0 saturated heterocycles. The molecule has 1 fully saturated rings. The number of imidazole rings is 1. The van der Waals surface area contributed by atoms with Crippen LogP contribution in [-0.2, 0) is 12.0 Å². The fourth-order valence-electron chi connectivity index (χ4n) is 3.53. The van der Waals surface area contributed by atoms with Gasteiger partial charge in [-0.25, -0.2) is 4.98 Å². The van der Waals surface area contributed by atoms with Crippen LogP contribution in [0, 0.1) is 0 Å². The van der Waals surface area contributed by atoms with Gasteiger partial charge in [-0.05, 0) is 24.9 Å². The molecule has 1 aromatic heterocycles. The van der Waals surface area contributed by atoms with Crippen molar-refractivity contribution in [3.63, 3.8) is 0 Å². The van der Waals surface area contributed by atoms with Crippen LogP contribution in [0.15, 0.2) is 36.5 Å². The van der Waals surface area contributed by atoms with Crippen molar-refractivity contribution in [1.29, 1.82) is 0 Å². The van der Waals surface area contributed by atoms with Crippen molar-refractivity contribution in [1.82, 2.24) is 15.3 Å². The third kappa shape index (κ3) is 2.88. The van der Waals surface area contributed by atoms with E-state index in [1.807, 2.05) is 6.20 Å². The number of H-pyrrole nitrogens is 1. The Morgan fingerprint density at radius 2 is 1.90 bits per heavy atom. The van der Waals surface area contributed by atoms with Crippen molar-refractivity contribution in [2.24, 2.45) is 0 Å². The van der Waals surface area contributed by atoms with Crippen molar-refractivity contribution in [2.45, 2.75) is 51.0 Å². The Labute approximate surface area is 127 Å². The Bertz CT molecular complexity index is 553. The van der Waals surface area contributed by atoms with Crippen LogP contribution < -0.4 is 5.32 Å². The molecule has 0 amide bonds. The van der Waals surface area contributed by atoms with E-state index in [0.717, 1.165) is 18.9 Å². The molecule has 0 bridgehead atoms. The van der Waals surface area contributed by atoms with Crippen molar-refractivity contribution in [3.05, 3.63) is 53.6 Å². The van der Waals surface area contributed by atoms with Crippen LogP contribution in [0.25, 0.3) is 0 Å². The van der Waals surface area contributed by atoms with E-state index in [-0.39, 0.29) is 5.41 Å². The molecule has 3 rings (SSSR count). The molecule has 1 aliphatic carbocycles. The highest BCUT2D eigenvalue weighted by Gasteiger charge is 2.38. The predicted octanol–water partition coefficient (Wildman–Crippen LogP) is 3.77. The molecule has 0 radical (unpaired) electrons. The SMILES string of the molecule is CCNCc1cnc(C2(c3ccccc3)CCCCC2)[nH]1. The largest absolute Gasteiger partial charge is 0.344 e. The van der Waals surface area contributed by atoms with E-state index < -0.39 is 0 Å². The topological polar surface area (TPSA) is 40.7 Å². The minimum absolute atomic E-state index is 0.0873. The maximum atomic E-state index is 4.75. The first-order chi connectivity index (χ1) is 10.3. The fraction of sp³-hybridized carbons (Fsp3) is 0.500. The Balaban J connectivity index is 1.94. The summed E-state index contributed by atoms with van der Waals surface area (Å²) in [6, 6.07) is 10.9. The van der Waals surface area contributed by atoms with Gasteiger partial charge in [0.05, 0.1) is 5.41 Å². The minimum Gasteiger partial charge on any atom is -0.344 e. The number of benzene rings is 1. The number of hydrogen-bond acceptors (Lipinski definition) is 2. The second kappa shape index (κ2) is 6.44. The van der Waals surface area contributed by atoms with Gasteiger partial charge in [0.15, 0.2) is 0 Å². The normalized spacial score (nSPS) is 17.8. The summed E-state index contributed by atoms with van der Waals surface area (Å²) in [4.78, 5) is 8.33. The van der Waals surface area contributed by atoms with Crippen molar-refractivity contribution in [3.8, 4) is 0 Å². The number of hydrogen-bond donors (Lipinski definition) is 2. The van der Waals surface area contributed by atoms with E-state index in [2.05, 4.69) is 47.6 Å². The molecule has 0 unspecified atom stereocenters. The minimum atomic E-state index is 0.0873. The molecule has 21 heavy (non-hydrogen) atoms. The van der Waals surface area contributed by atoms with E-state index in [1.54, 1.807) is 0 Å². The average molecular weight is 283 g/mol. The number of nitrogens with zero attached hydrogens (tertiary/aromatic N) is 1. The van der Waals surface area contributed by atoms with Gasteiger partial charge in [-0.15, -0.1) is 0 Å². The lowest BCUT2D eigenvalue weighted by molar-refractivity contribution is 0.332. The maximum absolute atomic E-state index is 4.75. The molecule has 3 heteroatoms.